The van der Waals surface area contributed by atoms with E-state index in [1.165, 1.54) is 6.20 Å². The number of hydrogen-bond donors (Lipinski definition) is 0. The molecular weight excluding hydrogens is 354 g/mol. The van der Waals surface area contributed by atoms with Gasteiger partial charge in [-0.2, -0.15) is 0 Å². The third-order valence-electron chi connectivity index (χ3n) is 5.41. The molecule has 0 saturated heterocycles. The van der Waals surface area contributed by atoms with Gasteiger partial charge in [-0.25, -0.2) is 0 Å². The summed E-state index contributed by atoms with van der Waals surface area (Å²) >= 11 is 0. The number of aryl methyl sites for hydroxylation is 3. The second-order valence-electron chi connectivity index (χ2n) is 8.61. The maximum atomic E-state index is 9.23. The van der Waals surface area contributed by atoms with Crippen LogP contribution in [0.5, 0.6) is 0 Å². The maximum Gasteiger partial charge on any atom is 0.143 e. The summed E-state index contributed by atoms with van der Waals surface area (Å²) in [6, 6.07) is 11.2. The highest BCUT2D eigenvalue weighted by Gasteiger charge is 2.22. The highest BCUT2D eigenvalue weighted by atomic mass is 16.3. The highest BCUT2D eigenvalue weighted by Crippen LogP contribution is 2.43. The third-order valence-corrected chi connectivity index (χ3v) is 5.41. The van der Waals surface area contributed by atoms with E-state index in [2.05, 4.69) is 4.98 Å². The van der Waals surface area contributed by atoms with Crippen molar-refractivity contribution in [3.63, 3.8) is 0 Å². The van der Waals surface area contributed by atoms with Crippen molar-refractivity contribution >= 4 is 43.4 Å². The molecule has 0 atom stereocenters. The minimum absolute atomic E-state index is 0.0257. The van der Waals surface area contributed by atoms with Crippen molar-refractivity contribution in [1.29, 1.82) is 0 Å². The van der Waals surface area contributed by atoms with Crippen LogP contribution in [0, 0.1) is 26.0 Å². The average molecular weight is 390 g/mol. The molecule has 0 aliphatic rings. The molecule has 0 aliphatic carbocycles. The fraction of sp³-hybridized carbons (Fsp3) is 0.296. The van der Waals surface area contributed by atoms with Crippen LogP contribution in [0.15, 0.2) is 47.0 Å². The Morgan fingerprint density at radius 2 is 1.72 bits per heavy atom. The van der Waals surface area contributed by atoms with Crippen molar-refractivity contribution in [3.05, 3.63) is 65.0 Å². The number of rotatable bonds is 1. The van der Waals surface area contributed by atoms with Crippen molar-refractivity contribution in [3.8, 4) is 0 Å². The van der Waals surface area contributed by atoms with Gasteiger partial charge < -0.3 is 4.42 Å². The molecule has 0 spiro atoms. The summed E-state index contributed by atoms with van der Waals surface area (Å²) in [5.74, 6) is -0.142. The van der Waals surface area contributed by atoms with Gasteiger partial charge in [0.2, 0.25) is 0 Å². The normalized spacial score (nSPS) is 18.1. The molecule has 5 aromatic rings. The summed E-state index contributed by atoms with van der Waals surface area (Å²) in [6.07, 6.45) is -0.835. The van der Waals surface area contributed by atoms with Crippen LogP contribution in [-0.4, -0.2) is 4.98 Å². The van der Waals surface area contributed by atoms with E-state index in [1.54, 1.807) is 27.7 Å². The second kappa shape index (κ2) is 6.06. The first-order valence-electron chi connectivity index (χ1n) is 13.7. The Morgan fingerprint density at radius 1 is 0.966 bits per heavy atom. The topological polar surface area (TPSA) is 26.0 Å². The Labute approximate surface area is 182 Å². The van der Waals surface area contributed by atoms with Crippen LogP contribution < -0.4 is 0 Å². The molecule has 2 heterocycles. The number of pyridine rings is 1. The Balaban J connectivity index is 2.20. The van der Waals surface area contributed by atoms with E-state index in [4.69, 9.17) is 12.6 Å². The Morgan fingerprint density at radius 3 is 2.45 bits per heavy atom. The molecule has 0 aliphatic heterocycles. The van der Waals surface area contributed by atoms with Gasteiger partial charge in [-0.1, -0.05) is 57.2 Å². The van der Waals surface area contributed by atoms with Crippen LogP contribution in [-0.2, 0) is 6.37 Å². The molecule has 0 saturated carbocycles. The molecule has 0 amide bonds. The molecular formula is C27H27NO. The predicted molar refractivity (Wildman–Crippen MR) is 124 cm³/mol. The number of furan rings is 1. The first-order valence-corrected chi connectivity index (χ1v) is 9.67. The van der Waals surface area contributed by atoms with Crippen LogP contribution in [0.25, 0.3) is 43.4 Å². The number of fused-ring (bicyclic) bond motifs is 8. The molecule has 146 valence electrons. The van der Waals surface area contributed by atoms with E-state index >= 15 is 0 Å². The van der Waals surface area contributed by atoms with Gasteiger partial charge in [-0.3, -0.25) is 4.98 Å². The van der Waals surface area contributed by atoms with Crippen molar-refractivity contribution in [1.82, 2.24) is 4.98 Å². The van der Waals surface area contributed by atoms with E-state index in [0.717, 1.165) is 10.8 Å². The molecule has 29 heavy (non-hydrogen) atoms. The van der Waals surface area contributed by atoms with Crippen molar-refractivity contribution in [2.24, 2.45) is 5.41 Å². The Bertz CT molecular complexity index is 1720. The van der Waals surface area contributed by atoms with Crippen LogP contribution in [0.3, 0.4) is 0 Å². The lowest BCUT2D eigenvalue weighted by molar-refractivity contribution is 0.412. The summed E-state index contributed by atoms with van der Waals surface area (Å²) < 4.78 is 73.2. The monoisotopic (exact) mass is 389 g/mol. The number of benzene rings is 3. The average Bonchev–Trinajstić information content (AvgIpc) is 3.13. The fourth-order valence-electron chi connectivity index (χ4n) is 4.15. The molecule has 0 bridgehead atoms. The lowest BCUT2D eigenvalue weighted by Crippen LogP contribution is -2.11. The molecule has 2 heteroatoms. The zero-order valence-electron chi connectivity index (χ0n) is 24.9. The minimum Gasteiger partial charge on any atom is -0.460 e. The summed E-state index contributed by atoms with van der Waals surface area (Å²) in [5.41, 5.74) is 0.0726. The molecule has 5 rings (SSSR count). The molecule has 2 aromatic heterocycles. The van der Waals surface area contributed by atoms with Crippen molar-refractivity contribution < 1.29 is 15.4 Å². The van der Waals surface area contributed by atoms with Gasteiger partial charge in [0.1, 0.15) is 11.3 Å². The fourth-order valence-corrected chi connectivity index (χ4v) is 4.15. The minimum atomic E-state index is -2.64. The summed E-state index contributed by atoms with van der Waals surface area (Å²) in [4.78, 5) is 4.59. The predicted octanol–water partition coefficient (Wildman–Crippen LogP) is 7.80. The van der Waals surface area contributed by atoms with Crippen LogP contribution in [0.2, 0.25) is 0 Å². The number of hydrogen-bond acceptors (Lipinski definition) is 2. The molecule has 3 aromatic carbocycles. The highest BCUT2D eigenvalue weighted by molar-refractivity contribution is 6.30. The molecule has 0 radical (unpaired) electrons. The summed E-state index contributed by atoms with van der Waals surface area (Å²) in [6.45, 7) is 1.74. The SMILES string of the molecule is [2H]C([2H])([2H])c1cnc2c3ccccc3c3ccc4c(C)c(C([2H])([2H])[2H])oc4c3c2c1C([2H])([2H])C(C)(C)C. The smallest absolute Gasteiger partial charge is 0.143 e. The first-order chi connectivity index (χ1) is 17.0. The Kier molecular flexibility index (Phi) is 2.37. The van der Waals surface area contributed by atoms with Crippen molar-refractivity contribution in [2.45, 2.75) is 47.8 Å². The second-order valence-corrected chi connectivity index (χ2v) is 8.61. The largest absolute Gasteiger partial charge is 0.460 e. The lowest BCUT2D eigenvalue weighted by atomic mass is 9.83. The molecule has 2 nitrogen and oxygen atoms in total. The zero-order chi connectivity index (χ0) is 27.3. The maximum absolute atomic E-state index is 9.23. The molecule has 0 N–H and O–H groups in total. The number of nitrogens with zero attached hydrogens (tertiary/aromatic N) is 1. The van der Waals surface area contributed by atoms with Gasteiger partial charge in [0.05, 0.1) is 5.52 Å². The standard InChI is InChI=1S/C27H27NO/c1-15-14-28-25-21-10-8-7-9-19(21)20-12-11-18-16(2)17(3)29-26(18)24(20)23(25)22(15)13-27(4,5)6/h7-12,14H,13H2,1-6H3/i1D3,3D3,13D2. The lowest BCUT2D eigenvalue weighted by Gasteiger charge is -2.22. The first kappa shape index (κ1) is 11.3. The van der Waals surface area contributed by atoms with Gasteiger partial charge in [0.15, 0.2) is 0 Å². The van der Waals surface area contributed by atoms with E-state index < -0.39 is 25.5 Å². The molecule has 0 fully saturated rings. The van der Waals surface area contributed by atoms with Crippen LogP contribution in [0.1, 0.15) is 54.2 Å². The number of aromatic nitrogens is 1. The van der Waals surface area contributed by atoms with Gasteiger partial charge in [0, 0.05) is 38.7 Å². The van der Waals surface area contributed by atoms with Gasteiger partial charge in [0.25, 0.3) is 0 Å². The van der Waals surface area contributed by atoms with E-state index in [9.17, 15) is 2.74 Å². The van der Waals surface area contributed by atoms with E-state index in [1.807, 2.05) is 36.4 Å². The summed E-state index contributed by atoms with van der Waals surface area (Å²) in [5, 5.41) is 3.65. The van der Waals surface area contributed by atoms with Crippen molar-refractivity contribution in [2.75, 3.05) is 0 Å². The van der Waals surface area contributed by atoms with Gasteiger partial charge in [-0.05, 0) is 59.9 Å². The van der Waals surface area contributed by atoms with E-state index in [-0.39, 0.29) is 22.5 Å². The van der Waals surface area contributed by atoms with Crippen LogP contribution >= 0.6 is 0 Å². The summed E-state index contributed by atoms with van der Waals surface area (Å²) in [7, 11) is 0. The van der Waals surface area contributed by atoms with Gasteiger partial charge in [-0.15, -0.1) is 0 Å². The Hall–Kier alpha value is -2.87. The third kappa shape index (κ3) is 2.66. The van der Waals surface area contributed by atoms with E-state index in [0.29, 0.717) is 32.6 Å². The zero-order valence-corrected chi connectivity index (χ0v) is 16.9. The molecule has 0 unspecified atom stereocenters. The van der Waals surface area contributed by atoms with Gasteiger partial charge >= 0.3 is 0 Å². The van der Waals surface area contributed by atoms with Crippen LogP contribution in [0.4, 0.5) is 0 Å². The quantitative estimate of drug-likeness (QED) is 0.273.